The first-order valence-electron chi connectivity index (χ1n) is 5.64. The van der Waals surface area contributed by atoms with Gasteiger partial charge in [0.05, 0.1) is 11.1 Å². The Morgan fingerprint density at radius 3 is 2.80 bits per heavy atom. The summed E-state index contributed by atoms with van der Waals surface area (Å²) in [4.78, 5) is 15.3. The second kappa shape index (κ2) is 5.06. The molecular formula is C14H7ClINO3. The fraction of sp³-hybridized carbons (Fsp3) is 0. The number of halogens is 2. The molecule has 0 spiro atoms. The molecule has 0 atom stereocenters. The third kappa shape index (κ3) is 2.38. The molecule has 3 rings (SSSR count). The highest BCUT2D eigenvalue weighted by molar-refractivity contribution is 14.1. The Balaban J connectivity index is 2.17. The zero-order valence-electron chi connectivity index (χ0n) is 9.93. The van der Waals surface area contributed by atoms with Crippen molar-refractivity contribution in [1.82, 2.24) is 4.98 Å². The lowest BCUT2D eigenvalue weighted by atomic mass is 10.2. The molecule has 1 aromatic heterocycles. The summed E-state index contributed by atoms with van der Waals surface area (Å²) >= 11 is 8.15. The van der Waals surface area contributed by atoms with Gasteiger partial charge in [-0.25, -0.2) is 9.78 Å². The molecule has 0 amide bonds. The summed E-state index contributed by atoms with van der Waals surface area (Å²) in [5.41, 5.74) is 2.01. The van der Waals surface area contributed by atoms with Crippen LogP contribution in [0.2, 0.25) is 5.02 Å². The lowest BCUT2D eigenvalue weighted by Gasteiger charge is -1.99. The number of aromatic nitrogens is 1. The molecule has 20 heavy (non-hydrogen) atoms. The maximum Gasteiger partial charge on any atom is 0.335 e. The van der Waals surface area contributed by atoms with Crippen LogP contribution in [0.15, 0.2) is 40.8 Å². The minimum atomic E-state index is -0.992. The van der Waals surface area contributed by atoms with Crippen LogP contribution in [-0.2, 0) is 0 Å². The predicted molar refractivity (Wildman–Crippen MR) is 84.1 cm³/mol. The average Bonchev–Trinajstić information content (AvgIpc) is 2.83. The van der Waals surface area contributed by atoms with Gasteiger partial charge < -0.3 is 9.52 Å². The summed E-state index contributed by atoms with van der Waals surface area (Å²) in [6.45, 7) is 0. The van der Waals surface area contributed by atoms with Gasteiger partial charge in [-0.1, -0.05) is 11.6 Å². The number of carbonyl (C=O) groups is 1. The summed E-state index contributed by atoms with van der Waals surface area (Å²) in [5, 5.41) is 9.56. The van der Waals surface area contributed by atoms with E-state index >= 15 is 0 Å². The normalized spacial score (nSPS) is 10.9. The number of carboxylic acids is 1. The summed E-state index contributed by atoms with van der Waals surface area (Å²) in [6, 6.07) is 10.0. The van der Waals surface area contributed by atoms with Gasteiger partial charge in [-0.2, -0.15) is 0 Å². The smallest absolute Gasteiger partial charge is 0.335 e. The van der Waals surface area contributed by atoms with Crippen LogP contribution in [0.5, 0.6) is 0 Å². The molecule has 1 heterocycles. The molecule has 0 radical (unpaired) electrons. The fourth-order valence-corrected chi connectivity index (χ4v) is 2.58. The van der Waals surface area contributed by atoms with Gasteiger partial charge in [-0.15, -0.1) is 0 Å². The van der Waals surface area contributed by atoms with Crippen LogP contribution in [0, 0.1) is 3.57 Å². The number of benzene rings is 2. The topological polar surface area (TPSA) is 63.3 Å². The molecule has 0 saturated heterocycles. The van der Waals surface area contributed by atoms with Crippen molar-refractivity contribution in [2.45, 2.75) is 0 Å². The SMILES string of the molecule is O=C(O)c1ccc2oc(-c3cc(Cl)ccc3I)nc2c1. The average molecular weight is 400 g/mol. The van der Waals surface area contributed by atoms with Gasteiger partial charge >= 0.3 is 5.97 Å². The molecular weight excluding hydrogens is 393 g/mol. The highest BCUT2D eigenvalue weighted by Gasteiger charge is 2.13. The Morgan fingerprint density at radius 1 is 1.25 bits per heavy atom. The van der Waals surface area contributed by atoms with Gasteiger partial charge in [0, 0.05) is 8.59 Å². The van der Waals surface area contributed by atoms with E-state index in [-0.39, 0.29) is 5.56 Å². The summed E-state index contributed by atoms with van der Waals surface area (Å²) in [6.07, 6.45) is 0. The van der Waals surface area contributed by atoms with Crippen LogP contribution in [0.1, 0.15) is 10.4 Å². The van der Waals surface area contributed by atoms with E-state index < -0.39 is 5.97 Å². The molecule has 3 aromatic rings. The predicted octanol–water partition coefficient (Wildman–Crippen LogP) is 4.45. The molecule has 0 saturated carbocycles. The van der Waals surface area contributed by atoms with Crippen molar-refractivity contribution < 1.29 is 14.3 Å². The van der Waals surface area contributed by atoms with Gasteiger partial charge in [0.25, 0.3) is 0 Å². The number of rotatable bonds is 2. The first-order valence-corrected chi connectivity index (χ1v) is 7.09. The first kappa shape index (κ1) is 13.4. The number of oxazole rings is 1. The second-order valence-electron chi connectivity index (χ2n) is 4.13. The molecule has 0 fully saturated rings. The zero-order chi connectivity index (χ0) is 14.3. The lowest BCUT2D eigenvalue weighted by molar-refractivity contribution is 0.0697. The number of aromatic carboxylic acids is 1. The summed E-state index contributed by atoms with van der Waals surface area (Å²) in [5.74, 6) is -0.566. The van der Waals surface area contributed by atoms with Gasteiger partial charge in [0.2, 0.25) is 5.89 Å². The maximum absolute atomic E-state index is 10.9. The Labute approximate surface area is 132 Å². The number of carboxylic acid groups (broad SMARTS) is 1. The molecule has 0 aliphatic rings. The third-order valence-corrected chi connectivity index (χ3v) is 3.97. The van der Waals surface area contributed by atoms with Gasteiger partial charge in [0.1, 0.15) is 5.52 Å². The van der Waals surface area contributed by atoms with Crippen LogP contribution in [0.25, 0.3) is 22.6 Å². The molecule has 6 heteroatoms. The Bertz CT molecular complexity index is 828. The molecule has 0 aliphatic heterocycles. The van der Waals surface area contributed by atoms with E-state index in [0.717, 1.165) is 9.13 Å². The molecule has 0 aliphatic carbocycles. The molecule has 1 N–H and O–H groups in total. The minimum absolute atomic E-state index is 0.179. The largest absolute Gasteiger partial charge is 0.478 e. The van der Waals surface area contributed by atoms with Crippen LogP contribution >= 0.6 is 34.2 Å². The van der Waals surface area contributed by atoms with Gasteiger partial charge in [-0.3, -0.25) is 0 Å². The van der Waals surface area contributed by atoms with Crippen molar-refractivity contribution in [3.63, 3.8) is 0 Å². The van der Waals surface area contributed by atoms with Crippen molar-refractivity contribution in [3.05, 3.63) is 50.6 Å². The number of fused-ring (bicyclic) bond motifs is 1. The van der Waals surface area contributed by atoms with Crippen molar-refractivity contribution >= 4 is 51.3 Å². The summed E-state index contributed by atoms with van der Waals surface area (Å²) < 4.78 is 6.61. The van der Waals surface area contributed by atoms with E-state index in [1.807, 2.05) is 6.07 Å². The van der Waals surface area contributed by atoms with Crippen LogP contribution in [0.3, 0.4) is 0 Å². The standard InChI is InChI=1S/C14H7ClINO3/c15-8-2-3-10(16)9(6-8)13-17-11-5-7(14(18)19)1-4-12(11)20-13/h1-6H,(H,18,19). The van der Waals surface area contributed by atoms with E-state index in [1.165, 1.54) is 12.1 Å². The van der Waals surface area contributed by atoms with E-state index in [9.17, 15) is 4.79 Å². The highest BCUT2D eigenvalue weighted by Crippen LogP contribution is 2.30. The molecule has 0 bridgehead atoms. The Hall–Kier alpha value is -1.60. The van der Waals surface area contributed by atoms with Crippen LogP contribution in [-0.4, -0.2) is 16.1 Å². The minimum Gasteiger partial charge on any atom is -0.478 e. The number of hydrogen-bond donors (Lipinski definition) is 1. The van der Waals surface area contributed by atoms with Crippen molar-refractivity contribution in [1.29, 1.82) is 0 Å². The van der Waals surface area contributed by atoms with Crippen molar-refractivity contribution in [2.24, 2.45) is 0 Å². The molecule has 4 nitrogen and oxygen atoms in total. The van der Waals surface area contributed by atoms with E-state index in [2.05, 4.69) is 27.6 Å². The number of hydrogen-bond acceptors (Lipinski definition) is 3. The third-order valence-electron chi connectivity index (χ3n) is 2.79. The van der Waals surface area contributed by atoms with E-state index in [0.29, 0.717) is 22.0 Å². The zero-order valence-corrected chi connectivity index (χ0v) is 12.8. The highest BCUT2D eigenvalue weighted by atomic mass is 127. The van der Waals surface area contributed by atoms with Gasteiger partial charge in [-0.05, 0) is 59.0 Å². The first-order chi connectivity index (χ1) is 9.54. The van der Waals surface area contributed by atoms with Crippen molar-refractivity contribution in [2.75, 3.05) is 0 Å². The second-order valence-corrected chi connectivity index (χ2v) is 5.73. The van der Waals surface area contributed by atoms with Crippen LogP contribution < -0.4 is 0 Å². The Kier molecular flexibility index (Phi) is 3.39. The molecule has 100 valence electrons. The number of nitrogens with zero attached hydrogens (tertiary/aromatic N) is 1. The molecule has 0 unspecified atom stereocenters. The van der Waals surface area contributed by atoms with E-state index in [4.69, 9.17) is 21.1 Å². The lowest BCUT2D eigenvalue weighted by Crippen LogP contribution is -1.94. The summed E-state index contributed by atoms with van der Waals surface area (Å²) in [7, 11) is 0. The van der Waals surface area contributed by atoms with Crippen molar-refractivity contribution in [3.8, 4) is 11.5 Å². The maximum atomic E-state index is 10.9. The monoisotopic (exact) mass is 399 g/mol. The quantitative estimate of drug-likeness (QED) is 0.647. The van der Waals surface area contributed by atoms with E-state index in [1.54, 1.807) is 18.2 Å². The Morgan fingerprint density at radius 2 is 2.05 bits per heavy atom. The van der Waals surface area contributed by atoms with Crippen LogP contribution in [0.4, 0.5) is 0 Å². The molecule has 2 aromatic carbocycles. The fourth-order valence-electron chi connectivity index (χ4n) is 1.84. The van der Waals surface area contributed by atoms with Gasteiger partial charge in [0.15, 0.2) is 5.58 Å².